The number of tetrazole rings is 1. The summed E-state index contributed by atoms with van der Waals surface area (Å²) in [4.78, 5) is 0. The number of rotatable bonds is 6. The number of aromatic nitrogens is 4. The molecule has 15 heavy (non-hydrogen) atoms. The van der Waals surface area contributed by atoms with Crippen LogP contribution in [0.4, 0.5) is 0 Å². The Morgan fingerprint density at radius 2 is 2.20 bits per heavy atom. The lowest BCUT2D eigenvalue weighted by atomic mass is 10.0. The van der Waals surface area contributed by atoms with Crippen LogP contribution in [0.1, 0.15) is 33.0 Å². The average Bonchev–Trinajstić information content (AvgIpc) is 2.67. The second-order valence-corrected chi connectivity index (χ2v) is 3.53. The van der Waals surface area contributed by atoms with Crippen molar-refractivity contribution < 1.29 is 4.74 Å². The van der Waals surface area contributed by atoms with Crippen molar-refractivity contribution in [3.63, 3.8) is 0 Å². The van der Waals surface area contributed by atoms with Crippen molar-refractivity contribution in [2.45, 2.75) is 39.3 Å². The van der Waals surface area contributed by atoms with Gasteiger partial charge >= 0.3 is 0 Å². The lowest BCUT2D eigenvalue weighted by Gasteiger charge is -2.26. The highest BCUT2D eigenvalue weighted by Crippen LogP contribution is 2.26. The van der Waals surface area contributed by atoms with Crippen LogP contribution in [-0.2, 0) is 16.9 Å². The first-order chi connectivity index (χ1) is 7.18. The third kappa shape index (κ3) is 2.51. The van der Waals surface area contributed by atoms with Crippen LogP contribution in [0.3, 0.4) is 0 Å². The van der Waals surface area contributed by atoms with Crippen molar-refractivity contribution in [3.8, 4) is 0 Å². The van der Waals surface area contributed by atoms with Gasteiger partial charge in [0.15, 0.2) is 5.82 Å². The van der Waals surface area contributed by atoms with Gasteiger partial charge < -0.3 is 10.5 Å². The second-order valence-electron chi connectivity index (χ2n) is 3.53. The molecule has 6 nitrogen and oxygen atoms in total. The van der Waals surface area contributed by atoms with E-state index in [2.05, 4.69) is 22.4 Å². The normalized spacial score (nSPS) is 15.2. The molecule has 1 heterocycles. The van der Waals surface area contributed by atoms with Crippen LogP contribution in [0.5, 0.6) is 0 Å². The molecule has 0 aliphatic carbocycles. The van der Waals surface area contributed by atoms with Gasteiger partial charge in [0.2, 0.25) is 0 Å². The largest absolute Gasteiger partial charge is 0.368 e. The van der Waals surface area contributed by atoms with E-state index in [1.54, 1.807) is 4.68 Å². The highest BCUT2D eigenvalue weighted by molar-refractivity contribution is 4.97. The summed E-state index contributed by atoms with van der Waals surface area (Å²) in [5.74, 6) is 0.748. The molecule has 6 heteroatoms. The summed E-state index contributed by atoms with van der Waals surface area (Å²) in [5.41, 5.74) is 5.07. The zero-order valence-electron chi connectivity index (χ0n) is 9.60. The van der Waals surface area contributed by atoms with Crippen LogP contribution in [0.25, 0.3) is 0 Å². The van der Waals surface area contributed by atoms with E-state index in [1.807, 2.05) is 13.8 Å². The molecule has 0 saturated heterocycles. The van der Waals surface area contributed by atoms with Gasteiger partial charge in [-0.1, -0.05) is 6.92 Å². The molecule has 2 N–H and O–H groups in total. The first-order valence-electron chi connectivity index (χ1n) is 5.28. The van der Waals surface area contributed by atoms with Gasteiger partial charge in [-0.05, 0) is 30.7 Å². The van der Waals surface area contributed by atoms with Crippen molar-refractivity contribution in [3.05, 3.63) is 5.82 Å². The number of nitrogens with zero attached hydrogens (tertiary/aromatic N) is 4. The minimum Gasteiger partial charge on any atom is -0.368 e. The Morgan fingerprint density at radius 3 is 2.73 bits per heavy atom. The van der Waals surface area contributed by atoms with Crippen LogP contribution >= 0.6 is 0 Å². The van der Waals surface area contributed by atoms with Crippen molar-refractivity contribution in [1.82, 2.24) is 20.2 Å². The van der Waals surface area contributed by atoms with E-state index in [4.69, 9.17) is 10.5 Å². The van der Waals surface area contributed by atoms with Gasteiger partial charge in [-0.15, -0.1) is 5.10 Å². The van der Waals surface area contributed by atoms with Gasteiger partial charge in [-0.25, -0.2) is 4.68 Å². The topological polar surface area (TPSA) is 78.9 Å². The lowest BCUT2D eigenvalue weighted by molar-refractivity contribution is -0.0422. The Kier molecular flexibility index (Phi) is 4.16. The van der Waals surface area contributed by atoms with Crippen LogP contribution in [0, 0.1) is 0 Å². The molecule has 1 atom stereocenters. The van der Waals surface area contributed by atoms with E-state index in [0.717, 1.165) is 12.2 Å². The molecule has 0 aliphatic heterocycles. The maximum Gasteiger partial charge on any atom is 0.183 e. The molecule has 0 spiro atoms. The molecular formula is C9H19N5O. The van der Waals surface area contributed by atoms with Crippen LogP contribution < -0.4 is 5.73 Å². The van der Waals surface area contributed by atoms with Gasteiger partial charge in [0, 0.05) is 13.2 Å². The summed E-state index contributed by atoms with van der Waals surface area (Å²) >= 11 is 0. The Balaban J connectivity index is 2.95. The first-order valence-corrected chi connectivity index (χ1v) is 5.28. The van der Waals surface area contributed by atoms with Gasteiger partial charge in [-0.3, -0.25) is 0 Å². The fraction of sp³-hybridized carbons (Fsp3) is 0.889. The van der Waals surface area contributed by atoms with E-state index in [9.17, 15) is 0 Å². The third-order valence-corrected chi connectivity index (χ3v) is 2.48. The predicted molar refractivity (Wildman–Crippen MR) is 56.1 cm³/mol. The van der Waals surface area contributed by atoms with E-state index in [0.29, 0.717) is 19.7 Å². The molecule has 0 aromatic carbocycles. The van der Waals surface area contributed by atoms with Crippen molar-refractivity contribution in [1.29, 1.82) is 0 Å². The molecule has 1 rings (SSSR count). The Bertz CT molecular complexity index is 300. The maximum absolute atomic E-state index is 5.71. The summed E-state index contributed by atoms with van der Waals surface area (Å²) in [6.45, 7) is 7.78. The number of hydrogen-bond donors (Lipinski definition) is 1. The summed E-state index contributed by atoms with van der Waals surface area (Å²) in [7, 11) is 0. The third-order valence-electron chi connectivity index (χ3n) is 2.48. The summed E-state index contributed by atoms with van der Waals surface area (Å²) in [5, 5.41) is 11.6. The fourth-order valence-corrected chi connectivity index (χ4v) is 1.50. The molecule has 0 bridgehead atoms. The van der Waals surface area contributed by atoms with Crippen molar-refractivity contribution in [2.24, 2.45) is 5.73 Å². The average molecular weight is 213 g/mol. The van der Waals surface area contributed by atoms with Gasteiger partial charge in [0.1, 0.15) is 5.60 Å². The van der Waals surface area contributed by atoms with Gasteiger partial charge in [0.05, 0.1) is 6.54 Å². The van der Waals surface area contributed by atoms with Crippen molar-refractivity contribution in [2.75, 3.05) is 13.2 Å². The highest BCUT2D eigenvalue weighted by Gasteiger charge is 2.31. The van der Waals surface area contributed by atoms with Crippen LogP contribution in [-0.4, -0.2) is 33.4 Å². The zero-order valence-corrected chi connectivity index (χ0v) is 9.60. The molecule has 1 unspecified atom stereocenters. The Hall–Kier alpha value is -1.01. The van der Waals surface area contributed by atoms with E-state index in [-0.39, 0.29) is 0 Å². The summed E-state index contributed by atoms with van der Waals surface area (Å²) in [6.07, 6.45) is 0.825. The SMILES string of the molecule is CCOC(C)(CC)c1nnnn1CCN. The quantitative estimate of drug-likeness (QED) is 0.735. The second kappa shape index (κ2) is 5.18. The molecule has 0 aliphatic rings. The van der Waals surface area contributed by atoms with Gasteiger partial charge in [0.25, 0.3) is 0 Å². The standard InChI is InChI=1S/C9H19N5O/c1-4-9(3,15-5-2)8-11-12-13-14(8)7-6-10/h4-7,10H2,1-3H3. The minimum absolute atomic E-state index is 0.423. The lowest BCUT2D eigenvalue weighted by Crippen LogP contribution is -2.30. The van der Waals surface area contributed by atoms with Crippen molar-refractivity contribution >= 4 is 0 Å². The minimum atomic E-state index is -0.423. The summed E-state index contributed by atoms with van der Waals surface area (Å²) < 4.78 is 7.41. The smallest absolute Gasteiger partial charge is 0.183 e. The molecule has 0 saturated carbocycles. The summed E-state index contributed by atoms with van der Waals surface area (Å²) in [6, 6.07) is 0. The first kappa shape index (κ1) is 12.1. The number of nitrogens with two attached hydrogens (primary N) is 1. The highest BCUT2D eigenvalue weighted by atomic mass is 16.5. The monoisotopic (exact) mass is 213 g/mol. The molecule has 1 aromatic heterocycles. The molecule has 0 amide bonds. The van der Waals surface area contributed by atoms with Crippen LogP contribution in [0.2, 0.25) is 0 Å². The van der Waals surface area contributed by atoms with Gasteiger partial charge in [-0.2, -0.15) is 0 Å². The Labute approximate surface area is 89.8 Å². The predicted octanol–water partition coefficient (Wildman–Crippen LogP) is 0.293. The fourth-order valence-electron chi connectivity index (χ4n) is 1.50. The van der Waals surface area contributed by atoms with E-state index < -0.39 is 5.60 Å². The Morgan fingerprint density at radius 1 is 1.47 bits per heavy atom. The maximum atomic E-state index is 5.71. The molecule has 1 aromatic rings. The zero-order chi connectivity index (χ0) is 11.3. The van der Waals surface area contributed by atoms with Crippen LogP contribution in [0.15, 0.2) is 0 Å². The molecule has 0 radical (unpaired) electrons. The number of ether oxygens (including phenoxy) is 1. The molecule has 0 fully saturated rings. The number of hydrogen-bond acceptors (Lipinski definition) is 5. The molecular weight excluding hydrogens is 194 g/mol. The van der Waals surface area contributed by atoms with E-state index >= 15 is 0 Å². The molecule has 86 valence electrons. The van der Waals surface area contributed by atoms with E-state index in [1.165, 1.54) is 0 Å².